The van der Waals surface area contributed by atoms with E-state index in [2.05, 4.69) is 15.5 Å². The minimum atomic E-state index is -0.814. The molecule has 3 aromatic rings. The van der Waals surface area contributed by atoms with Crippen LogP contribution in [0.2, 0.25) is 0 Å². The molecule has 9 nitrogen and oxygen atoms in total. The molecule has 2 aliphatic rings. The number of hydrogen-bond donors (Lipinski definition) is 2. The van der Waals surface area contributed by atoms with Crippen molar-refractivity contribution >= 4 is 34.9 Å². The van der Waals surface area contributed by atoms with Crippen LogP contribution >= 0.6 is 0 Å². The van der Waals surface area contributed by atoms with Gasteiger partial charge in [-0.15, -0.1) is 0 Å². The number of methoxy groups -OCH3 is 1. The summed E-state index contributed by atoms with van der Waals surface area (Å²) in [6, 6.07) is 26.0. The lowest BCUT2D eigenvalue weighted by Gasteiger charge is -2.43. The number of rotatable bonds is 6. The third-order valence-corrected chi connectivity index (χ3v) is 7.19. The summed E-state index contributed by atoms with van der Waals surface area (Å²) in [4.78, 5) is 45.1. The molecule has 0 atom stereocenters. The number of hydrogen-bond acceptors (Lipinski definition) is 5. The average Bonchev–Trinajstić information content (AvgIpc) is 3.21. The van der Waals surface area contributed by atoms with Gasteiger partial charge in [0, 0.05) is 30.2 Å². The molecule has 196 valence electrons. The molecule has 2 aliphatic heterocycles. The predicted molar refractivity (Wildman–Crippen MR) is 146 cm³/mol. The van der Waals surface area contributed by atoms with Crippen molar-refractivity contribution in [3.05, 3.63) is 84.9 Å². The molecule has 0 aliphatic carbocycles. The van der Waals surface area contributed by atoms with E-state index in [0.29, 0.717) is 44.0 Å². The number of ether oxygens (including phenoxy) is 1. The van der Waals surface area contributed by atoms with E-state index in [1.807, 2.05) is 60.7 Å². The number of piperidine rings is 1. The highest BCUT2D eigenvalue weighted by Gasteiger charge is 2.54. The SMILES string of the molecule is COc1ccc(NC(=O)CN2CN(c3ccccc3)C3(CCN(C(=O)Nc4ccccc4)CC3)C2=O)cc1. The maximum Gasteiger partial charge on any atom is 0.321 e. The Morgan fingerprint density at radius 2 is 1.45 bits per heavy atom. The van der Waals surface area contributed by atoms with Gasteiger partial charge in [0.1, 0.15) is 17.8 Å². The lowest BCUT2D eigenvalue weighted by atomic mass is 9.85. The molecule has 1 spiro atoms. The molecule has 2 fully saturated rings. The zero-order chi connectivity index (χ0) is 26.5. The molecule has 0 unspecified atom stereocenters. The molecular weight excluding hydrogens is 482 g/mol. The third kappa shape index (κ3) is 5.13. The number of anilines is 3. The monoisotopic (exact) mass is 513 g/mol. The van der Waals surface area contributed by atoms with Gasteiger partial charge in [-0.05, 0) is 61.4 Å². The highest BCUT2D eigenvalue weighted by atomic mass is 16.5. The molecule has 38 heavy (non-hydrogen) atoms. The van der Waals surface area contributed by atoms with Crippen LogP contribution in [0, 0.1) is 0 Å². The van der Waals surface area contributed by atoms with Gasteiger partial charge in [-0.25, -0.2) is 4.79 Å². The molecule has 0 saturated carbocycles. The van der Waals surface area contributed by atoms with Crippen molar-refractivity contribution in [2.75, 3.05) is 48.9 Å². The maximum atomic E-state index is 13.9. The quantitative estimate of drug-likeness (QED) is 0.520. The first-order valence-electron chi connectivity index (χ1n) is 12.7. The van der Waals surface area contributed by atoms with Crippen molar-refractivity contribution in [1.82, 2.24) is 9.80 Å². The van der Waals surface area contributed by atoms with Gasteiger partial charge in [0.25, 0.3) is 5.91 Å². The van der Waals surface area contributed by atoms with Crippen LogP contribution < -0.4 is 20.3 Å². The van der Waals surface area contributed by atoms with E-state index in [1.165, 1.54) is 0 Å². The topological polar surface area (TPSA) is 94.2 Å². The minimum Gasteiger partial charge on any atom is -0.497 e. The normalized spacial score (nSPS) is 16.4. The van der Waals surface area contributed by atoms with Crippen molar-refractivity contribution in [3.8, 4) is 5.75 Å². The van der Waals surface area contributed by atoms with E-state index < -0.39 is 5.54 Å². The lowest BCUT2D eigenvalue weighted by molar-refractivity contribution is -0.136. The van der Waals surface area contributed by atoms with Gasteiger partial charge >= 0.3 is 6.03 Å². The van der Waals surface area contributed by atoms with Gasteiger partial charge in [0.05, 0.1) is 13.8 Å². The summed E-state index contributed by atoms with van der Waals surface area (Å²) in [6.07, 6.45) is 0.944. The lowest BCUT2D eigenvalue weighted by Crippen LogP contribution is -2.58. The maximum absolute atomic E-state index is 13.9. The number of nitrogens with one attached hydrogen (secondary N) is 2. The summed E-state index contributed by atoms with van der Waals surface area (Å²) in [7, 11) is 1.58. The molecule has 0 aromatic heterocycles. The Bertz CT molecular complexity index is 1280. The molecular formula is C29H31N5O4. The molecule has 2 heterocycles. The van der Waals surface area contributed by atoms with E-state index in [9.17, 15) is 14.4 Å². The molecule has 3 aromatic carbocycles. The van der Waals surface area contributed by atoms with Crippen LogP contribution in [0.15, 0.2) is 84.9 Å². The first-order valence-corrected chi connectivity index (χ1v) is 12.7. The number of nitrogens with zero attached hydrogens (tertiary/aromatic N) is 3. The molecule has 5 rings (SSSR count). The largest absolute Gasteiger partial charge is 0.497 e. The molecule has 2 N–H and O–H groups in total. The van der Waals surface area contributed by atoms with Crippen LogP contribution in [0.25, 0.3) is 0 Å². The average molecular weight is 514 g/mol. The van der Waals surface area contributed by atoms with Crippen molar-refractivity contribution < 1.29 is 19.1 Å². The van der Waals surface area contributed by atoms with Gasteiger partial charge in [0.2, 0.25) is 5.91 Å². The number of carbonyl (C=O) groups is 3. The molecule has 9 heteroatoms. The fraction of sp³-hybridized carbons (Fsp3) is 0.276. The first kappa shape index (κ1) is 25.1. The number of benzene rings is 3. The molecule has 2 saturated heterocycles. The van der Waals surface area contributed by atoms with E-state index in [0.717, 1.165) is 11.4 Å². The van der Waals surface area contributed by atoms with Crippen molar-refractivity contribution in [2.24, 2.45) is 0 Å². The summed E-state index contributed by atoms with van der Waals surface area (Å²) in [5, 5.41) is 5.79. The second kappa shape index (κ2) is 10.8. The molecule has 0 bridgehead atoms. The third-order valence-electron chi connectivity index (χ3n) is 7.19. The molecule has 4 amide bonds. The van der Waals surface area contributed by atoms with Gasteiger partial charge in [-0.1, -0.05) is 36.4 Å². The number of para-hydroxylation sites is 2. The summed E-state index contributed by atoms with van der Waals surface area (Å²) >= 11 is 0. The second-order valence-electron chi connectivity index (χ2n) is 9.50. The first-order chi connectivity index (χ1) is 18.5. The van der Waals surface area contributed by atoms with Crippen LogP contribution in [0.5, 0.6) is 5.75 Å². The Kier molecular flexibility index (Phi) is 7.17. The number of amides is 4. The van der Waals surface area contributed by atoms with Crippen LogP contribution in [0.4, 0.5) is 21.9 Å². The van der Waals surface area contributed by atoms with Crippen molar-refractivity contribution in [3.63, 3.8) is 0 Å². The minimum absolute atomic E-state index is 0.0614. The van der Waals surface area contributed by atoms with E-state index in [1.54, 1.807) is 41.2 Å². The van der Waals surface area contributed by atoms with E-state index in [-0.39, 0.29) is 24.4 Å². The van der Waals surface area contributed by atoms with E-state index >= 15 is 0 Å². The van der Waals surface area contributed by atoms with Crippen molar-refractivity contribution in [2.45, 2.75) is 18.4 Å². The summed E-state index contributed by atoms with van der Waals surface area (Å²) in [5.74, 6) is 0.338. The predicted octanol–water partition coefficient (Wildman–Crippen LogP) is 4.01. The molecule has 0 radical (unpaired) electrons. The highest BCUT2D eigenvalue weighted by Crippen LogP contribution is 2.39. The number of carbonyl (C=O) groups excluding carboxylic acids is 3. The Morgan fingerprint density at radius 1 is 0.842 bits per heavy atom. The van der Waals surface area contributed by atoms with Crippen molar-refractivity contribution in [1.29, 1.82) is 0 Å². The summed E-state index contributed by atoms with van der Waals surface area (Å²) < 4.78 is 5.17. The van der Waals surface area contributed by atoms with Gasteiger partial charge in [-0.3, -0.25) is 9.59 Å². The van der Waals surface area contributed by atoms with E-state index in [4.69, 9.17) is 4.74 Å². The van der Waals surface area contributed by atoms with Crippen LogP contribution in [-0.2, 0) is 9.59 Å². The Balaban J connectivity index is 1.29. The van der Waals surface area contributed by atoms with Crippen LogP contribution in [0.1, 0.15) is 12.8 Å². The van der Waals surface area contributed by atoms with Crippen LogP contribution in [0.3, 0.4) is 0 Å². The summed E-state index contributed by atoms with van der Waals surface area (Å²) in [6.45, 7) is 1.10. The van der Waals surface area contributed by atoms with Gasteiger partial charge < -0.3 is 30.1 Å². The van der Waals surface area contributed by atoms with Gasteiger partial charge in [-0.2, -0.15) is 0 Å². The fourth-order valence-electron chi connectivity index (χ4n) is 5.17. The van der Waals surface area contributed by atoms with Gasteiger partial charge in [0.15, 0.2) is 0 Å². The Labute approximate surface area is 222 Å². The summed E-state index contributed by atoms with van der Waals surface area (Å²) in [5.41, 5.74) is 1.47. The Morgan fingerprint density at radius 3 is 2.08 bits per heavy atom. The van der Waals surface area contributed by atoms with Crippen LogP contribution in [-0.4, -0.2) is 66.6 Å². The second-order valence-corrected chi connectivity index (χ2v) is 9.50. The fourth-order valence-corrected chi connectivity index (χ4v) is 5.17. The number of urea groups is 1. The standard InChI is InChI=1S/C29H31N5O4/c1-38-25-14-12-23(13-15-25)30-26(35)20-33-21-34(24-10-6-3-7-11-24)29(27(33)36)16-18-32(19-17-29)28(37)31-22-8-4-2-5-9-22/h2-15H,16-21H2,1H3,(H,30,35)(H,31,37). The highest BCUT2D eigenvalue weighted by molar-refractivity contribution is 5.99. The Hall–Kier alpha value is -4.53. The zero-order valence-corrected chi connectivity index (χ0v) is 21.3. The zero-order valence-electron chi connectivity index (χ0n) is 21.3. The smallest absolute Gasteiger partial charge is 0.321 e. The number of likely N-dealkylation sites (tertiary alicyclic amines) is 1.